The van der Waals surface area contributed by atoms with E-state index in [1.165, 1.54) is 18.2 Å². The number of carbonyl (C=O) groups is 2. The summed E-state index contributed by atoms with van der Waals surface area (Å²) >= 11 is 0. The van der Waals surface area contributed by atoms with Gasteiger partial charge in [0.05, 0.1) is 17.0 Å². The van der Waals surface area contributed by atoms with Crippen LogP contribution >= 0.6 is 0 Å². The van der Waals surface area contributed by atoms with E-state index in [4.69, 9.17) is 9.47 Å². The van der Waals surface area contributed by atoms with Gasteiger partial charge in [-0.2, -0.15) is 0 Å². The van der Waals surface area contributed by atoms with Crippen LogP contribution in [0.25, 0.3) is 6.08 Å². The lowest BCUT2D eigenvalue weighted by molar-refractivity contribution is -0.115. The van der Waals surface area contributed by atoms with E-state index in [1.54, 1.807) is 48.5 Å². The van der Waals surface area contributed by atoms with E-state index in [1.807, 2.05) is 0 Å². The van der Waals surface area contributed by atoms with Crippen LogP contribution in [0.2, 0.25) is 0 Å². The molecule has 0 saturated heterocycles. The monoisotopic (exact) mass is 400 g/mol. The summed E-state index contributed by atoms with van der Waals surface area (Å²) in [7, 11) is 0. The molecular weight excluding hydrogens is 384 g/mol. The van der Waals surface area contributed by atoms with Gasteiger partial charge in [-0.15, -0.1) is 0 Å². The Balaban J connectivity index is 1.58. The minimum atomic E-state index is -0.822. The molecule has 0 amide bonds. The molecule has 0 unspecified atom stereocenters. The number of aromatic hydroxyl groups is 2. The molecule has 1 aliphatic carbocycles. The Bertz CT molecular complexity index is 1180. The predicted molar refractivity (Wildman–Crippen MR) is 108 cm³/mol. The molecule has 0 atom stereocenters. The fourth-order valence-electron chi connectivity index (χ4n) is 3.98. The highest BCUT2D eigenvalue weighted by atomic mass is 16.7. The molecule has 148 valence electrons. The Labute approximate surface area is 171 Å². The van der Waals surface area contributed by atoms with Gasteiger partial charge in [0, 0.05) is 0 Å². The average Bonchev–Trinajstić information content (AvgIpc) is 3.20. The third-order valence-electron chi connectivity index (χ3n) is 5.35. The van der Waals surface area contributed by atoms with E-state index in [0.717, 1.165) is 5.56 Å². The van der Waals surface area contributed by atoms with Gasteiger partial charge in [-0.3, -0.25) is 9.59 Å². The van der Waals surface area contributed by atoms with Crippen LogP contribution in [-0.2, 0) is 4.79 Å². The summed E-state index contributed by atoms with van der Waals surface area (Å²) in [5, 5.41) is 20.6. The summed E-state index contributed by atoms with van der Waals surface area (Å²) in [6.45, 7) is 0.165. The molecule has 3 aromatic carbocycles. The molecule has 6 nitrogen and oxygen atoms in total. The second-order valence-electron chi connectivity index (χ2n) is 7.09. The van der Waals surface area contributed by atoms with E-state index in [2.05, 4.69) is 0 Å². The number of carbonyl (C=O) groups excluding carboxylic acids is 2. The maximum absolute atomic E-state index is 13.2. The molecule has 6 heteroatoms. The first-order chi connectivity index (χ1) is 14.5. The van der Waals surface area contributed by atoms with Crippen LogP contribution in [0.3, 0.4) is 0 Å². The average molecular weight is 400 g/mol. The van der Waals surface area contributed by atoms with Gasteiger partial charge < -0.3 is 19.7 Å². The summed E-state index contributed by atoms with van der Waals surface area (Å²) in [6, 6.07) is 14.6. The van der Waals surface area contributed by atoms with Crippen LogP contribution in [0.15, 0.2) is 60.7 Å². The standard InChI is InChI=1S/C24H16O6/c25-16-5-1-3-14-21(15-4-2-6-17(26)23(15)24(28)22(14)16)18(27)9-7-13-8-10-19-20(11-13)30-12-29-19/h1-11,21,25-26H,12H2/b9-7+. The number of phenolic OH excluding ortho intramolecular Hbond substituents is 2. The van der Waals surface area contributed by atoms with Gasteiger partial charge in [0.15, 0.2) is 17.3 Å². The second-order valence-corrected chi connectivity index (χ2v) is 7.09. The number of phenols is 2. The van der Waals surface area contributed by atoms with Crippen molar-refractivity contribution in [2.24, 2.45) is 0 Å². The van der Waals surface area contributed by atoms with Gasteiger partial charge in [0.25, 0.3) is 0 Å². The van der Waals surface area contributed by atoms with Gasteiger partial charge in [0.1, 0.15) is 11.5 Å². The number of hydrogen-bond acceptors (Lipinski definition) is 6. The number of rotatable bonds is 3. The maximum Gasteiger partial charge on any atom is 0.231 e. The normalized spacial score (nSPS) is 14.6. The van der Waals surface area contributed by atoms with Crippen LogP contribution in [0.5, 0.6) is 23.0 Å². The van der Waals surface area contributed by atoms with E-state index >= 15 is 0 Å². The molecule has 0 aromatic heterocycles. The highest BCUT2D eigenvalue weighted by Crippen LogP contribution is 2.43. The third kappa shape index (κ3) is 2.73. The van der Waals surface area contributed by atoms with Crippen LogP contribution in [-0.4, -0.2) is 28.6 Å². The van der Waals surface area contributed by atoms with Crippen molar-refractivity contribution in [2.45, 2.75) is 5.92 Å². The first-order valence-electron chi connectivity index (χ1n) is 9.34. The van der Waals surface area contributed by atoms with Crippen molar-refractivity contribution >= 4 is 17.6 Å². The highest BCUT2D eigenvalue weighted by Gasteiger charge is 2.37. The van der Waals surface area contributed by atoms with E-state index in [-0.39, 0.29) is 35.2 Å². The van der Waals surface area contributed by atoms with Gasteiger partial charge in [0.2, 0.25) is 12.6 Å². The minimum Gasteiger partial charge on any atom is -0.507 e. The largest absolute Gasteiger partial charge is 0.507 e. The summed E-state index contributed by atoms with van der Waals surface area (Å²) in [5.74, 6) is -0.777. The Morgan fingerprint density at radius 3 is 2.20 bits per heavy atom. The molecule has 30 heavy (non-hydrogen) atoms. The second kappa shape index (κ2) is 6.77. The number of ether oxygens (including phenoxy) is 2. The summed E-state index contributed by atoms with van der Waals surface area (Å²) < 4.78 is 10.7. The van der Waals surface area contributed by atoms with Gasteiger partial charge in [-0.1, -0.05) is 36.4 Å². The molecule has 0 radical (unpaired) electrons. The van der Waals surface area contributed by atoms with E-state index < -0.39 is 11.7 Å². The van der Waals surface area contributed by atoms with Crippen LogP contribution < -0.4 is 9.47 Å². The topological polar surface area (TPSA) is 93.1 Å². The van der Waals surface area contributed by atoms with Crippen LogP contribution in [0, 0.1) is 0 Å². The fourth-order valence-corrected chi connectivity index (χ4v) is 3.98. The van der Waals surface area contributed by atoms with Gasteiger partial charge in [-0.25, -0.2) is 0 Å². The first kappa shape index (κ1) is 18.0. The Hall–Kier alpha value is -4.06. The van der Waals surface area contributed by atoms with Crippen molar-refractivity contribution in [2.75, 3.05) is 6.79 Å². The van der Waals surface area contributed by atoms with Crippen LogP contribution in [0.4, 0.5) is 0 Å². The van der Waals surface area contributed by atoms with E-state index in [0.29, 0.717) is 22.6 Å². The third-order valence-corrected chi connectivity index (χ3v) is 5.35. The zero-order chi connectivity index (χ0) is 20.8. The maximum atomic E-state index is 13.2. The first-order valence-corrected chi connectivity index (χ1v) is 9.34. The molecule has 0 spiro atoms. The predicted octanol–water partition coefficient (Wildman–Crippen LogP) is 3.79. The zero-order valence-corrected chi connectivity index (χ0v) is 15.7. The Morgan fingerprint density at radius 1 is 0.900 bits per heavy atom. The molecule has 5 rings (SSSR count). The van der Waals surface area contributed by atoms with Crippen molar-refractivity contribution < 1.29 is 29.3 Å². The molecule has 3 aromatic rings. The zero-order valence-electron chi connectivity index (χ0n) is 15.7. The number of hydrogen-bond donors (Lipinski definition) is 2. The van der Waals surface area contributed by atoms with E-state index in [9.17, 15) is 19.8 Å². The lowest BCUT2D eigenvalue weighted by Crippen LogP contribution is -2.24. The molecule has 0 bridgehead atoms. The van der Waals surface area contributed by atoms with Crippen molar-refractivity contribution in [3.05, 3.63) is 88.5 Å². The van der Waals surface area contributed by atoms with Crippen molar-refractivity contribution in [1.29, 1.82) is 0 Å². The lowest BCUT2D eigenvalue weighted by Gasteiger charge is -2.26. The fraction of sp³-hybridized carbons (Fsp3) is 0.0833. The molecule has 1 heterocycles. The molecule has 0 saturated carbocycles. The SMILES string of the molecule is O=C1c2c(O)cccc2C(C(=O)/C=C/c2ccc3c(c2)OCO3)c2cccc(O)c21. The van der Waals surface area contributed by atoms with Crippen molar-refractivity contribution in [3.8, 4) is 23.0 Å². The number of allylic oxidation sites excluding steroid dienone is 1. The molecule has 1 aliphatic heterocycles. The Kier molecular flexibility index (Phi) is 4.06. The molecular formula is C24H16O6. The molecule has 2 N–H and O–H groups in total. The number of fused-ring (bicyclic) bond motifs is 3. The summed E-state index contributed by atoms with van der Waals surface area (Å²) in [4.78, 5) is 26.2. The van der Waals surface area contributed by atoms with Gasteiger partial charge in [-0.05, 0) is 47.0 Å². The summed E-state index contributed by atoms with van der Waals surface area (Å²) in [6.07, 6.45) is 3.09. The van der Waals surface area contributed by atoms with Gasteiger partial charge >= 0.3 is 0 Å². The quantitative estimate of drug-likeness (QED) is 0.650. The van der Waals surface area contributed by atoms with Crippen LogP contribution in [0.1, 0.15) is 38.5 Å². The number of ketones is 2. The van der Waals surface area contributed by atoms with Crippen molar-refractivity contribution in [3.63, 3.8) is 0 Å². The number of benzene rings is 3. The Morgan fingerprint density at radius 2 is 1.53 bits per heavy atom. The lowest BCUT2D eigenvalue weighted by atomic mass is 9.74. The highest BCUT2D eigenvalue weighted by molar-refractivity contribution is 6.19. The summed E-state index contributed by atoms with van der Waals surface area (Å²) in [5.41, 5.74) is 1.67. The molecule has 0 fully saturated rings. The molecule has 2 aliphatic rings. The minimum absolute atomic E-state index is 0.0429. The van der Waals surface area contributed by atoms with Crippen molar-refractivity contribution in [1.82, 2.24) is 0 Å². The smallest absolute Gasteiger partial charge is 0.231 e.